The summed E-state index contributed by atoms with van der Waals surface area (Å²) >= 11 is 0. The van der Waals surface area contributed by atoms with E-state index in [1.54, 1.807) is 30.3 Å². The summed E-state index contributed by atoms with van der Waals surface area (Å²) in [6.45, 7) is 2.99. The zero-order valence-electron chi connectivity index (χ0n) is 16.9. The third kappa shape index (κ3) is 4.85. The van der Waals surface area contributed by atoms with E-state index < -0.39 is 31.0 Å². The van der Waals surface area contributed by atoms with Gasteiger partial charge in [-0.15, -0.1) is 0 Å². The van der Waals surface area contributed by atoms with Crippen LogP contribution in [0.3, 0.4) is 0 Å². The highest BCUT2D eigenvalue weighted by atomic mass is 32.2. The molecule has 0 fully saturated rings. The molecule has 0 saturated heterocycles. The number of rotatable bonds is 8. The maximum absolute atomic E-state index is 12.7. The smallest absolute Gasteiger partial charge is 0.269 e. The monoisotopic (exact) mass is 466 g/mol. The first-order valence-electron chi connectivity index (χ1n) is 9.51. The number of nitro groups is 1. The molecule has 0 saturated carbocycles. The molecule has 1 aliphatic heterocycles. The maximum atomic E-state index is 12.7. The lowest BCUT2D eigenvalue weighted by atomic mass is 9.98. The Balaban J connectivity index is 2.08. The zero-order valence-corrected chi connectivity index (χ0v) is 18.6. The zero-order chi connectivity index (χ0) is 22.8. The van der Waals surface area contributed by atoms with E-state index in [9.17, 15) is 26.9 Å². The quantitative estimate of drug-likeness (QED) is 0.469. The average Bonchev–Trinajstić information content (AvgIpc) is 3.20. The van der Waals surface area contributed by atoms with Crippen LogP contribution < -0.4 is 4.72 Å². The molecule has 0 bridgehead atoms. The van der Waals surface area contributed by atoms with Gasteiger partial charge in [-0.2, -0.15) is 9.52 Å². The number of non-ortho nitro benzene ring substituents is 1. The molecule has 3 rings (SSSR count). The van der Waals surface area contributed by atoms with E-state index >= 15 is 0 Å². The number of para-hydroxylation sites is 1. The summed E-state index contributed by atoms with van der Waals surface area (Å²) in [5.74, 6) is -0.334. The number of nitrogens with one attached hydrogen (secondary N) is 1. The number of anilines is 1. The minimum atomic E-state index is -3.78. The molecule has 2 aromatic carbocycles. The number of sulfonamides is 2. The molecule has 12 heteroatoms. The fourth-order valence-electron chi connectivity index (χ4n) is 3.20. The molecular formula is C19H22N4O6S2. The molecular weight excluding hydrogens is 444 g/mol. The summed E-state index contributed by atoms with van der Waals surface area (Å²) in [5, 5.41) is 15.5. The van der Waals surface area contributed by atoms with Crippen molar-refractivity contribution in [1.82, 2.24) is 4.41 Å². The van der Waals surface area contributed by atoms with E-state index in [1.165, 1.54) is 32.0 Å². The third-order valence-electron chi connectivity index (χ3n) is 4.87. The van der Waals surface area contributed by atoms with Gasteiger partial charge in [0.15, 0.2) is 0 Å². The Bertz CT molecular complexity index is 1240. The van der Waals surface area contributed by atoms with Gasteiger partial charge < -0.3 is 0 Å². The second-order valence-electron chi connectivity index (χ2n) is 6.84. The summed E-state index contributed by atoms with van der Waals surface area (Å²) in [5.41, 5.74) is 1.37. The molecule has 0 aliphatic carbocycles. The van der Waals surface area contributed by atoms with Crippen molar-refractivity contribution in [3.8, 4) is 0 Å². The largest absolute Gasteiger partial charge is 0.283 e. The van der Waals surface area contributed by atoms with Crippen molar-refractivity contribution < 1.29 is 21.8 Å². The van der Waals surface area contributed by atoms with Crippen LogP contribution in [0, 0.1) is 10.1 Å². The minimum Gasteiger partial charge on any atom is -0.283 e. The first-order valence-corrected chi connectivity index (χ1v) is 12.8. The molecule has 0 amide bonds. The molecule has 2 aromatic rings. The number of hydrazone groups is 1. The SMILES string of the molecule is CCS(=O)(=O)Nc1ccccc1C1=NN(S(=O)(=O)CC)C(c2cccc([N+](=O)[O-])c2)C1. The van der Waals surface area contributed by atoms with Crippen molar-refractivity contribution in [2.45, 2.75) is 26.3 Å². The van der Waals surface area contributed by atoms with Crippen LogP contribution >= 0.6 is 0 Å². The lowest BCUT2D eigenvalue weighted by Crippen LogP contribution is -2.28. The molecule has 1 unspecified atom stereocenters. The van der Waals surface area contributed by atoms with Gasteiger partial charge in [0.1, 0.15) is 0 Å². The highest BCUT2D eigenvalue weighted by molar-refractivity contribution is 7.92. The summed E-state index contributed by atoms with van der Waals surface area (Å²) in [7, 11) is -7.35. The number of nitro benzene ring substituents is 1. The Labute approximate surface area is 180 Å². The van der Waals surface area contributed by atoms with Crippen molar-refractivity contribution in [3.05, 3.63) is 69.8 Å². The lowest BCUT2D eigenvalue weighted by molar-refractivity contribution is -0.384. The van der Waals surface area contributed by atoms with E-state index in [-0.39, 0.29) is 29.3 Å². The first-order chi connectivity index (χ1) is 14.6. The van der Waals surface area contributed by atoms with Crippen LogP contribution in [0.15, 0.2) is 53.6 Å². The van der Waals surface area contributed by atoms with Crippen molar-refractivity contribution in [2.24, 2.45) is 5.10 Å². The van der Waals surface area contributed by atoms with E-state index in [1.807, 2.05) is 0 Å². The van der Waals surface area contributed by atoms with Crippen LogP contribution in [-0.4, -0.2) is 43.4 Å². The van der Waals surface area contributed by atoms with Crippen molar-refractivity contribution in [2.75, 3.05) is 16.2 Å². The van der Waals surface area contributed by atoms with Crippen molar-refractivity contribution in [3.63, 3.8) is 0 Å². The van der Waals surface area contributed by atoms with Gasteiger partial charge in [0.05, 0.1) is 33.9 Å². The van der Waals surface area contributed by atoms with E-state index in [2.05, 4.69) is 9.82 Å². The molecule has 166 valence electrons. The fraction of sp³-hybridized carbons (Fsp3) is 0.316. The second-order valence-corrected chi connectivity index (χ2v) is 11.0. The van der Waals surface area contributed by atoms with Crippen molar-refractivity contribution >= 4 is 37.1 Å². The van der Waals surface area contributed by atoms with Gasteiger partial charge in [-0.1, -0.05) is 30.3 Å². The van der Waals surface area contributed by atoms with Gasteiger partial charge in [-0.25, -0.2) is 16.8 Å². The molecule has 31 heavy (non-hydrogen) atoms. The van der Waals surface area contributed by atoms with Crippen LogP contribution in [0.2, 0.25) is 0 Å². The summed E-state index contributed by atoms with van der Waals surface area (Å²) < 4.78 is 53.0. The molecule has 0 aromatic heterocycles. The number of hydrogen-bond donors (Lipinski definition) is 1. The first kappa shape index (κ1) is 22.7. The van der Waals surface area contributed by atoms with Gasteiger partial charge in [-0.3, -0.25) is 14.8 Å². The van der Waals surface area contributed by atoms with Gasteiger partial charge in [-0.05, 0) is 25.5 Å². The molecule has 1 atom stereocenters. The van der Waals surface area contributed by atoms with Gasteiger partial charge in [0, 0.05) is 24.1 Å². The maximum Gasteiger partial charge on any atom is 0.269 e. The predicted molar refractivity (Wildman–Crippen MR) is 118 cm³/mol. The number of nitrogens with zero attached hydrogens (tertiary/aromatic N) is 3. The molecule has 0 radical (unpaired) electrons. The summed E-state index contributed by atoms with van der Waals surface area (Å²) in [6, 6.07) is 11.6. The van der Waals surface area contributed by atoms with Crippen LogP contribution in [0.4, 0.5) is 11.4 Å². The highest BCUT2D eigenvalue weighted by Crippen LogP contribution is 2.37. The Hall–Kier alpha value is -2.99. The number of benzene rings is 2. The topological polar surface area (TPSA) is 139 Å². The molecule has 1 heterocycles. The average molecular weight is 467 g/mol. The van der Waals surface area contributed by atoms with Gasteiger partial charge in [0.25, 0.3) is 5.69 Å². The Morgan fingerprint density at radius 1 is 1.10 bits per heavy atom. The Kier molecular flexibility index (Phi) is 6.32. The standard InChI is InChI=1S/C19H22N4O6S2/c1-3-30(26,27)21-17-11-6-5-10-16(17)18-13-19(22(20-18)31(28,29)4-2)14-8-7-9-15(12-14)23(24)25/h5-12,19,21H,3-4,13H2,1-2H3. The molecule has 10 nitrogen and oxygen atoms in total. The van der Waals surface area contributed by atoms with Gasteiger partial charge in [0.2, 0.25) is 20.0 Å². The van der Waals surface area contributed by atoms with Crippen LogP contribution in [0.1, 0.15) is 37.4 Å². The van der Waals surface area contributed by atoms with Crippen LogP contribution in [0.5, 0.6) is 0 Å². The van der Waals surface area contributed by atoms with Crippen molar-refractivity contribution in [1.29, 1.82) is 0 Å². The lowest BCUT2D eigenvalue weighted by Gasteiger charge is -2.22. The third-order valence-corrected chi connectivity index (χ3v) is 7.80. The highest BCUT2D eigenvalue weighted by Gasteiger charge is 2.37. The Morgan fingerprint density at radius 3 is 2.45 bits per heavy atom. The number of hydrogen-bond acceptors (Lipinski definition) is 7. The van der Waals surface area contributed by atoms with Crippen LogP contribution in [-0.2, 0) is 20.0 Å². The minimum absolute atomic E-state index is 0.125. The second kappa shape index (κ2) is 8.63. The summed E-state index contributed by atoms with van der Waals surface area (Å²) in [6.07, 6.45) is 0.130. The van der Waals surface area contributed by atoms with E-state index in [0.29, 0.717) is 16.8 Å². The Morgan fingerprint density at radius 2 is 1.81 bits per heavy atom. The van der Waals surface area contributed by atoms with E-state index in [0.717, 1.165) is 4.41 Å². The predicted octanol–water partition coefficient (Wildman–Crippen LogP) is 2.86. The fourth-order valence-corrected chi connectivity index (χ4v) is 4.93. The van der Waals surface area contributed by atoms with E-state index in [4.69, 9.17) is 0 Å². The summed E-state index contributed by atoms with van der Waals surface area (Å²) in [4.78, 5) is 10.6. The molecule has 0 spiro atoms. The molecule has 1 N–H and O–H groups in total. The normalized spacial score (nSPS) is 16.8. The molecule has 1 aliphatic rings. The van der Waals surface area contributed by atoms with Gasteiger partial charge >= 0.3 is 0 Å². The van der Waals surface area contributed by atoms with Crippen LogP contribution in [0.25, 0.3) is 0 Å².